The molecule has 0 bridgehead atoms. The zero-order chi connectivity index (χ0) is 9.26. The van der Waals surface area contributed by atoms with Crippen molar-refractivity contribution in [2.75, 3.05) is 0 Å². The number of hydrogen-bond acceptors (Lipinski definition) is 3. The Bertz CT molecular complexity index is 406. The Kier molecular flexibility index (Phi) is 1.85. The second kappa shape index (κ2) is 3.01. The molecule has 2 aromatic rings. The molecule has 0 aromatic carbocycles. The summed E-state index contributed by atoms with van der Waals surface area (Å²) < 4.78 is 1.80. The van der Waals surface area contributed by atoms with Gasteiger partial charge in [-0.2, -0.15) is 0 Å². The largest absolute Gasteiger partial charge is 0.274 e. The molecule has 0 aliphatic rings. The molecule has 0 N–H and O–H groups in total. The van der Waals surface area contributed by atoms with E-state index in [1.807, 2.05) is 21.0 Å². The SMILES string of the molecule is Bc1cnc(-n2cnc(C)c2)nc1. The normalized spacial score (nSPS) is 10.2. The van der Waals surface area contributed by atoms with E-state index in [2.05, 4.69) is 15.0 Å². The van der Waals surface area contributed by atoms with Gasteiger partial charge in [-0.3, -0.25) is 4.57 Å². The Morgan fingerprint density at radius 1 is 1.23 bits per heavy atom. The number of rotatable bonds is 1. The molecular weight excluding hydrogens is 163 g/mol. The summed E-state index contributed by atoms with van der Waals surface area (Å²) in [5, 5.41) is 0. The van der Waals surface area contributed by atoms with Crippen molar-refractivity contribution in [1.82, 2.24) is 19.5 Å². The highest BCUT2D eigenvalue weighted by molar-refractivity contribution is 6.31. The van der Waals surface area contributed by atoms with E-state index in [1.165, 1.54) is 0 Å². The van der Waals surface area contributed by atoms with Crippen LogP contribution in [-0.4, -0.2) is 27.4 Å². The smallest absolute Gasteiger partial charge is 0.234 e. The van der Waals surface area contributed by atoms with Gasteiger partial charge in [-0.25, -0.2) is 15.0 Å². The molecule has 2 aromatic heterocycles. The van der Waals surface area contributed by atoms with E-state index in [9.17, 15) is 0 Å². The number of imidazole rings is 1. The van der Waals surface area contributed by atoms with E-state index in [0.717, 1.165) is 11.2 Å². The maximum absolute atomic E-state index is 4.17. The van der Waals surface area contributed by atoms with Crippen LogP contribution in [0.4, 0.5) is 0 Å². The highest BCUT2D eigenvalue weighted by atomic mass is 15.2. The van der Waals surface area contributed by atoms with Gasteiger partial charge in [0.05, 0.1) is 5.69 Å². The maximum atomic E-state index is 4.17. The van der Waals surface area contributed by atoms with Crippen LogP contribution in [0.1, 0.15) is 5.69 Å². The summed E-state index contributed by atoms with van der Waals surface area (Å²) in [5.74, 6) is 0.659. The second-order valence-corrected chi connectivity index (χ2v) is 2.98. The predicted molar refractivity (Wildman–Crippen MR) is 52.1 cm³/mol. The van der Waals surface area contributed by atoms with E-state index < -0.39 is 0 Å². The fourth-order valence-electron chi connectivity index (χ4n) is 1.05. The highest BCUT2D eigenvalue weighted by Crippen LogP contribution is 1.99. The van der Waals surface area contributed by atoms with Crippen LogP contribution in [0.3, 0.4) is 0 Å². The van der Waals surface area contributed by atoms with Crippen LogP contribution in [0.2, 0.25) is 0 Å². The summed E-state index contributed by atoms with van der Waals surface area (Å²) in [7, 11) is 1.96. The van der Waals surface area contributed by atoms with Crippen molar-refractivity contribution in [2.45, 2.75) is 6.92 Å². The van der Waals surface area contributed by atoms with Gasteiger partial charge in [0.2, 0.25) is 5.95 Å². The average Bonchev–Trinajstić information content (AvgIpc) is 2.53. The summed E-state index contributed by atoms with van der Waals surface area (Å²) in [4.78, 5) is 12.4. The second-order valence-electron chi connectivity index (χ2n) is 2.98. The van der Waals surface area contributed by atoms with Gasteiger partial charge in [-0.15, -0.1) is 0 Å². The lowest BCUT2D eigenvalue weighted by molar-refractivity contribution is 0.929. The van der Waals surface area contributed by atoms with Crippen LogP contribution in [0.15, 0.2) is 24.9 Å². The highest BCUT2D eigenvalue weighted by Gasteiger charge is 1.98. The van der Waals surface area contributed by atoms with Crippen molar-refractivity contribution in [2.24, 2.45) is 0 Å². The van der Waals surface area contributed by atoms with Gasteiger partial charge in [0.15, 0.2) is 0 Å². The van der Waals surface area contributed by atoms with Crippen LogP contribution >= 0.6 is 0 Å². The van der Waals surface area contributed by atoms with Crippen molar-refractivity contribution in [3.63, 3.8) is 0 Å². The Hall–Kier alpha value is -1.65. The minimum Gasteiger partial charge on any atom is -0.274 e. The lowest BCUT2D eigenvalue weighted by Crippen LogP contribution is -2.08. The quantitative estimate of drug-likeness (QED) is 0.530. The van der Waals surface area contributed by atoms with E-state index in [-0.39, 0.29) is 0 Å². The minimum absolute atomic E-state index is 0.659. The van der Waals surface area contributed by atoms with Crippen LogP contribution in [0.25, 0.3) is 5.95 Å². The molecule has 64 valence electrons. The molecule has 2 rings (SSSR count). The summed E-state index contributed by atoms with van der Waals surface area (Å²) >= 11 is 0. The van der Waals surface area contributed by atoms with Crippen molar-refractivity contribution in [1.29, 1.82) is 0 Å². The van der Waals surface area contributed by atoms with Gasteiger partial charge in [-0.1, -0.05) is 5.46 Å². The summed E-state index contributed by atoms with van der Waals surface area (Å²) in [6, 6.07) is 0. The molecular formula is C8H9BN4. The monoisotopic (exact) mass is 172 g/mol. The molecule has 0 saturated heterocycles. The zero-order valence-corrected chi connectivity index (χ0v) is 7.60. The van der Waals surface area contributed by atoms with E-state index >= 15 is 0 Å². The van der Waals surface area contributed by atoms with Crippen LogP contribution < -0.4 is 5.46 Å². The summed E-state index contributed by atoms with van der Waals surface area (Å²) in [5.41, 5.74) is 2.02. The molecule has 0 aliphatic carbocycles. The molecule has 0 amide bonds. The van der Waals surface area contributed by atoms with Gasteiger partial charge in [0.1, 0.15) is 14.2 Å². The third kappa shape index (κ3) is 1.59. The summed E-state index contributed by atoms with van der Waals surface area (Å²) in [6.45, 7) is 1.94. The lowest BCUT2D eigenvalue weighted by atomic mass is 10.0. The van der Waals surface area contributed by atoms with E-state index in [4.69, 9.17) is 0 Å². The maximum Gasteiger partial charge on any atom is 0.234 e. The third-order valence-corrected chi connectivity index (χ3v) is 1.71. The predicted octanol–water partition coefficient (Wildman–Crippen LogP) is -0.771. The molecule has 0 saturated carbocycles. The molecule has 4 nitrogen and oxygen atoms in total. The van der Waals surface area contributed by atoms with Gasteiger partial charge < -0.3 is 0 Å². The van der Waals surface area contributed by atoms with Crippen molar-refractivity contribution in [3.05, 3.63) is 30.6 Å². The first-order chi connectivity index (χ1) is 6.25. The van der Waals surface area contributed by atoms with Crippen molar-refractivity contribution < 1.29 is 0 Å². The summed E-state index contributed by atoms with van der Waals surface area (Å²) in [6.07, 6.45) is 7.18. The van der Waals surface area contributed by atoms with Gasteiger partial charge in [-0.05, 0) is 6.92 Å². The molecule has 13 heavy (non-hydrogen) atoms. The Balaban J connectivity index is 2.41. The van der Waals surface area contributed by atoms with Gasteiger partial charge in [0, 0.05) is 18.6 Å². The molecule has 0 unspecified atom stereocenters. The van der Waals surface area contributed by atoms with Crippen LogP contribution in [-0.2, 0) is 0 Å². The number of nitrogens with zero attached hydrogens (tertiary/aromatic N) is 4. The van der Waals surface area contributed by atoms with Crippen LogP contribution in [0.5, 0.6) is 0 Å². The Morgan fingerprint density at radius 3 is 2.46 bits per heavy atom. The van der Waals surface area contributed by atoms with Gasteiger partial charge in [0.25, 0.3) is 0 Å². The molecule has 0 fully saturated rings. The molecule has 0 radical (unpaired) electrons. The van der Waals surface area contributed by atoms with Crippen molar-refractivity contribution in [3.8, 4) is 5.95 Å². The zero-order valence-electron chi connectivity index (χ0n) is 7.60. The fourth-order valence-corrected chi connectivity index (χ4v) is 1.05. The first-order valence-electron chi connectivity index (χ1n) is 4.05. The number of hydrogen-bond donors (Lipinski definition) is 0. The van der Waals surface area contributed by atoms with E-state index in [1.54, 1.807) is 23.3 Å². The third-order valence-electron chi connectivity index (χ3n) is 1.71. The lowest BCUT2D eigenvalue weighted by Gasteiger charge is -1.98. The minimum atomic E-state index is 0.659. The first kappa shape index (κ1) is 7.98. The van der Waals surface area contributed by atoms with Crippen molar-refractivity contribution >= 4 is 13.3 Å². The van der Waals surface area contributed by atoms with Crippen LogP contribution in [0, 0.1) is 6.92 Å². The standard InChI is InChI=1S/C8H9BN4/c1-6-4-13(5-12-6)8-10-2-7(9)3-11-8/h2-5H,9H2,1H3. The molecule has 0 atom stereocenters. The number of aromatic nitrogens is 4. The molecule has 0 spiro atoms. The molecule has 5 heteroatoms. The van der Waals surface area contributed by atoms with Gasteiger partial charge >= 0.3 is 0 Å². The van der Waals surface area contributed by atoms with E-state index in [0.29, 0.717) is 5.95 Å². The Labute approximate surface area is 77.1 Å². The topological polar surface area (TPSA) is 43.6 Å². The Morgan fingerprint density at radius 2 is 1.92 bits per heavy atom. The molecule has 2 heterocycles. The molecule has 0 aliphatic heterocycles. The first-order valence-corrected chi connectivity index (χ1v) is 4.05. The average molecular weight is 172 g/mol. The number of aryl methyl sites for hydroxylation is 1. The fraction of sp³-hybridized carbons (Fsp3) is 0.125.